The third kappa shape index (κ3) is 21.1. The topological polar surface area (TPSA) is 114 Å². The molecule has 0 radical (unpaired) electrons. The van der Waals surface area contributed by atoms with Crippen LogP contribution >= 0.6 is 0 Å². The first-order chi connectivity index (χ1) is 28.9. The molecular formula is C52H78BaO6S2. The molecule has 0 bridgehead atoms. The molecule has 0 saturated carbocycles. The minimum Gasteiger partial charge on any atom is -0.744 e. The monoisotopic (exact) mass is 1000 g/mol. The van der Waals surface area contributed by atoms with Crippen LogP contribution in [0.4, 0.5) is 0 Å². The van der Waals surface area contributed by atoms with Crippen molar-refractivity contribution in [3.05, 3.63) is 82.9 Å². The molecule has 0 aliphatic rings. The zero-order valence-electron chi connectivity index (χ0n) is 38.5. The molecule has 0 heterocycles. The van der Waals surface area contributed by atoms with Crippen LogP contribution < -0.4 is 0 Å². The maximum atomic E-state index is 11.8. The summed E-state index contributed by atoms with van der Waals surface area (Å²) in [5, 5.41) is 3.94. The second-order valence-electron chi connectivity index (χ2n) is 17.2. The minimum atomic E-state index is -4.46. The number of aryl methyl sites for hydroxylation is 4. The summed E-state index contributed by atoms with van der Waals surface area (Å²) in [6.07, 6.45) is 32.4. The van der Waals surface area contributed by atoms with E-state index in [0.29, 0.717) is 24.0 Å². The van der Waals surface area contributed by atoms with Crippen molar-refractivity contribution in [3.63, 3.8) is 0 Å². The summed E-state index contributed by atoms with van der Waals surface area (Å²) in [6.45, 7) is 8.86. The quantitative estimate of drug-likeness (QED) is 0.0292. The average molecular weight is 1000 g/mol. The van der Waals surface area contributed by atoms with Crippen molar-refractivity contribution >= 4 is 90.7 Å². The Hall–Kier alpha value is -1.21. The molecule has 0 saturated heterocycles. The Morgan fingerprint density at radius 2 is 0.639 bits per heavy atom. The van der Waals surface area contributed by atoms with E-state index in [-0.39, 0.29) is 58.7 Å². The molecule has 0 fully saturated rings. The Labute approximate surface area is 412 Å². The molecule has 0 unspecified atom stereocenters. The predicted octanol–water partition coefficient (Wildman–Crippen LogP) is 14.7. The Balaban J connectivity index is 0.000000413. The van der Waals surface area contributed by atoms with Crippen LogP contribution in [0.15, 0.2) is 70.5 Å². The first-order valence-corrected chi connectivity index (χ1v) is 26.8. The van der Waals surface area contributed by atoms with Gasteiger partial charge in [0.25, 0.3) is 0 Å². The molecule has 0 amide bonds. The van der Waals surface area contributed by atoms with E-state index in [9.17, 15) is 25.9 Å². The molecule has 0 N–H and O–H groups in total. The van der Waals surface area contributed by atoms with E-state index in [1.165, 1.54) is 152 Å². The number of fused-ring (bicyclic) bond motifs is 2. The van der Waals surface area contributed by atoms with E-state index >= 15 is 0 Å². The summed E-state index contributed by atoms with van der Waals surface area (Å²) in [5.41, 5.74) is 4.01. The van der Waals surface area contributed by atoms with E-state index in [1.54, 1.807) is 12.1 Å². The third-order valence-corrected chi connectivity index (χ3v) is 13.9. The second kappa shape index (κ2) is 31.6. The number of hydrogen-bond acceptors (Lipinski definition) is 6. The molecule has 0 atom stereocenters. The first kappa shape index (κ1) is 55.9. The fourth-order valence-corrected chi connectivity index (χ4v) is 10.0. The van der Waals surface area contributed by atoms with Gasteiger partial charge in [0, 0.05) is 0 Å². The van der Waals surface area contributed by atoms with Gasteiger partial charge in [0.2, 0.25) is 0 Å². The summed E-state index contributed by atoms with van der Waals surface area (Å²) in [5.74, 6) is 0. The van der Waals surface area contributed by atoms with Gasteiger partial charge < -0.3 is 9.11 Å². The molecule has 9 heteroatoms. The standard InChI is InChI=1S/2C26H40O3S.Ba/c2*1-3-5-7-9-11-13-15-22-17-19-24-23(21-22)18-20-26(30(27,28)29)25(24)16-14-12-10-8-6-4-2;/h2*17-21H,3-16H2,1-2H3,(H,27,28,29);/q;;+2/p-2. The van der Waals surface area contributed by atoms with E-state index in [2.05, 4.69) is 52.0 Å². The summed E-state index contributed by atoms with van der Waals surface area (Å²) in [6, 6.07) is 19.3. The fourth-order valence-electron chi connectivity index (χ4n) is 8.53. The van der Waals surface area contributed by atoms with Gasteiger partial charge in [0.1, 0.15) is 20.2 Å². The zero-order valence-corrected chi connectivity index (χ0v) is 44.6. The van der Waals surface area contributed by atoms with Crippen LogP contribution in [-0.2, 0) is 45.9 Å². The molecule has 4 aromatic carbocycles. The van der Waals surface area contributed by atoms with Crippen LogP contribution in [0.5, 0.6) is 0 Å². The van der Waals surface area contributed by atoms with Crippen molar-refractivity contribution in [1.29, 1.82) is 0 Å². The van der Waals surface area contributed by atoms with Crippen molar-refractivity contribution in [2.75, 3.05) is 0 Å². The minimum absolute atomic E-state index is 0. The Bertz CT molecular complexity index is 1900. The SMILES string of the molecule is CCCCCCCCc1ccc2c(CCCCCCCC)c(S(=O)(=O)[O-])ccc2c1.CCCCCCCCc1ccc2c(CCCCCCCC)c(S(=O)(=O)[O-])ccc2c1.[Ba+2]. The van der Waals surface area contributed by atoms with Crippen molar-refractivity contribution in [2.45, 2.75) is 217 Å². The molecular weight excluding hydrogens is 922 g/mol. The number of rotatable bonds is 30. The number of hydrogen-bond donors (Lipinski definition) is 0. The zero-order chi connectivity index (χ0) is 43.6. The molecule has 0 aliphatic heterocycles. The summed E-state index contributed by atoms with van der Waals surface area (Å²) in [4.78, 5) is -0.0699. The van der Waals surface area contributed by atoms with E-state index in [0.717, 1.165) is 60.1 Å². The van der Waals surface area contributed by atoms with E-state index in [4.69, 9.17) is 0 Å². The van der Waals surface area contributed by atoms with E-state index < -0.39 is 20.2 Å². The van der Waals surface area contributed by atoms with Crippen LogP contribution in [-0.4, -0.2) is 74.8 Å². The largest absolute Gasteiger partial charge is 2.00 e. The first-order valence-electron chi connectivity index (χ1n) is 23.9. The summed E-state index contributed by atoms with van der Waals surface area (Å²) < 4.78 is 71.0. The molecule has 61 heavy (non-hydrogen) atoms. The van der Waals surface area contributed by atoms with E-state index in [1.807, 2.05) is 12.1 Å². The fraction of sp³-hybridized carbons (Fsp3) is 0.615. The molecule has 0 spiro atoms. The van der Waals surface area contributed by atoms with Crippen LogP contribution in [0.25, 0.3) is 21.5 Å². The van der Waals surface area contributed by atoms with Gasteiger partial charge in [-0.1, -0.05) is 205 Å². The smallest absolute Gasteiger partial charge is 0.744 e. The van der Waals surface area contributed by atoms with Gasteiger partial charge in [-0.2, -0.15) is 0 Å². The third-order valence-electron chi connectivity index (χ3n) is 12.0. The predicted molar refractivity (Wildman–Crippen MR) is 258 cm³/mol. The van der Waals surface area contributed by atoms with Crippen molar-refractivity contribution in [2.24, 2.45) is 0 Å². The Morgan fingerprint density at radius 3 is 0.934 bits per heavy atom. The van der Waals surface area contributed by atoms with Gasteiger partial charge in [0.05, 0.1) is 9.79 Å². The molecule has 336 valence electrons. The van der Waals surface area contributed by atoms with Gasteiger partial charge in [-0.25, -0.2) is 16.8 Å². The Morgan fingerprint density at radius 1 is 0.361 bits per heavy atom. The van der Waals surface area contributed by atoms with Crippen molar-refractivity contribution in [1.82, 2.24) is 0 Å². The summed E-state index contributed by atoms with van der Waals surface area (Å²) >= 11 is 0. The normalized spacial score (nSPS) is 11.8. The second-order valence-corrected chi connectivity index (χ2v) is 19.9. The average Bonchev–Trinajstić information content (AvgIpc) is 3.22. The van der Waals surface area contributed by atoms with Gasteiger partial charge in [-0.05, 0) is 107 Å². The van der Waals surface area contributed by atoms with Crippen molar-refractivity contribution < 1.29 is 25.9 Å². The molecule has 4 rings (SSSR count). The number of benzene rings is 4. The van der Waals surface area contributed by atoms with Crippen LogP contribution in [0.1, 0.15) is 204 Å². The van der Waals surface area contributed by atoms with Gasteiger partial charge >= 0.3 is 48.9 Å². The Kier molecular flexibility index (Phi) is 29.0. The molecule has 4 aromatic rings. The van der Waals surface area contributed by atoms with Crippen LogP contribution in [0.2, 0.25) is 0 Å². The number of unbranched alkanes of at least 4 members (excludes halogenated alkanes) is 20. The van der Waals surface area contributed by atoms with Crippen LogP contribution in [0.3, 0.4) is 0 Å². The maximum Gasteiger partial charge on any atom is 2.00 e. The molecule has 6 nitrogen and oxygen atoms in total. The van der Waals surface area contributed by atoms with Crippen molar-refractivity contribution in [3.8, 4) is 0 Å². The molecule has 0 aromatic heterocycles. The van der Waals surface area contributed by atoms with Gasteiger partial charge in [0.15, 0.2) is 0 Å². The summed E-state index contributed by atoms with van der Waals surface area (Å²) in [7, 11) is -8.92. The van der Waals surface area contributed by atoms with Gasteiger partial charge in [-0.15, -0.1) is 0 Å². The molecule has 0 aliphatic carbocycles. The maximum absolute atomic E-state index is 11.8. The van der Waals surface area contributed by atoms with Gasteiger partial charge in [-0.3, -0.25) is 0 Å². The van der Waals surface area contributed by atoms with Crippen LogP contribution in [0, 0.1) is 0 Å².